The second-order valence-corrected chi connectivity index (χ2v) is 43.8. The van der Waals surface area contributed by atoms with Crippen LogP contribution in [-0.4, -0.2) is 0 Å². The summed E-state index contributed by atoms with van der Waals surface area (Å²) in [4.78, 5) is 0. The molecule has 0 saturated heterocycles. The van der Waals surface area contributed by atoms with Crippen molar-refractivity contribution in [1.82, 2.24) is 0 Å². The Morgan fingerprint density at radius 2 is 0.637 bits per heavy atom. The van der Waals surface area contributed by atoms with E-state index in [2.05, 4.69) is 427 Å². The lowest BCUT2D eigenvalue weighted by atomic mass is 9.69. The Morgan fingerprint density at radius 3 is 1.12 bits per heavy atom. The van der Waals surface area contributed by atoms with E-state index in [0.29, 0.717) is 16.7 Å². The first-order chi connectivity index (χ1) is 59.4. The third-order valence-electron chi connectivity index (χ3n) is 33.5. The topological polar surface area (TPSA) is 23.3 Å². The van der Waals surface area contributed by atoms with Crippen LogP contribution < -0.4 is 27.4 Å². The van der Waals surface area contributed by atoms with Crippen LogP contribution in [0.25, 0.3) is 67.5 Å². The van der Waals surface area contributed by atoms with Gasteiger partial charge in [0.05, 0.1) is 0 Å². The SMILES string of the molecule is Cc1ccccc1-c1c2c(cc[n+]1C)C(C)(C)CC2(C)C.Cc1ccccc1-c1cc2c(c[n+]1C)C(C)(C)CC2(C)C.Cc1ccccc1-c1cc2c(c[n+]1C)C1(C)CCC2C1(C)C.Cc1ccccc1-c1cc2c(c[n+]1C)C1CCC2C1.[2H]C12CCC(C)(c3c[n+](C)c(-c4ccccc4C)cc31)C2(C)C.[2H]C12CCC(C1)c1c[n+](C)c(-c3ccccc3C)cc12. The summed E-state index contributed by atoms with van der Waals surface area (Å²) in [6.45, 7) is 46.5. The van der Waals surface area contributed by atoms with Gasteiger partial charge in [-0.3, -0.25) is 0 Å². The summed E-state index contributed by atoms with van der Waals surface area (Å²) in [7, 11) is 13.0. The molecule has 8 bridgehead atoms. The molecule has 0 N–H and O–H groups in total. The zero-order valence-electron chi connectivity index (χ0n) is 82.3. The fourth-order valence-electron chi connectivity index (χ4n) is 26.2. The predicted octanol–water partition coefficient (Wildman–Crippen LogP) is 25.9. The van der Waals surface area contributed by atoms with Gasteiger partial charge >= 0.3 is 0 Å². The molecule has 8 unspecified atom stereocenters. The molecule has 124 heavy (non-hydrogen) atoms. The molecule has 0 spiro atoms. The van der Waals surface area contributed by atoms with E-state index in [1.807, 2.05) is 0 Å². The molecule has 6 aromatic carbocycles. The first-order valence-electron chi connectivity index (χ1n) is 48.0. The Balaban J connectivity index is 0.000000107. The molecule has 6 aromatic heterocycles. The Hall–Kier alpha value is -9.78. The quantitative estimate of drug-likeness (QED) is 0.148. The van der Waals surface area contributed by atoms with Crippen molar-refractivity contribution in [2.75, 3.05) is 0 Å². The van der Waals surface area contributed by atoms with Gasteiger partial charge in [0.1, 0.15) is 42.3 Å². The summed E-state index contributed by atoms with van der Waals surface area (Å²) in [6.07, 6.45) is 28.6. The largest absolute Gasteiger partial charge is 0.216 e. The van der Waals surface area contributed by atoms with Crippen molar-refractivity contribution in [2.24, 2.45) is 53.1 Å². The molecule has 8 atom stereocenters. The van der Waals surface area contributed by atoms with Crippen molar-refractivity contribution < 1.29 is 30.1 Å². The van der Waals surface area contributed by atoms with Crippen molar-refractivity contribution in [3.63, 3.8) is 0 Å². The minimum absolute atomic E-state index is 0.0142. The van der Waals surface area contributed by atoms with E-state index in [0.717, 1.165) is 43.4 Å². The third kappa shape index (κ3) is 14.5. The Kier molecular flexibility index (Phi) is 21.4. The van der Waals surface area contributed by atoms with Crippen molar-refractivity contribution in [3.05, 3.63) is 319 Å². The highest BCUT2D eigenvalue weighted by Crippen LogP contribution is 2.69. The Bertz CT molecular complexity index is 6340. The van der Waals surface area contributed by atoms with Crippen molar-refractivity contribution in [3.8, 4) is 67.5 Å². The number of rotatable bonds is 6. The van der Waals surface area contributed by atoms with E-state index in [1.165, 1.54) is 197 Å². The molecule has 22 rings (SSSR count). The number of aryl methyl sites for hydroxylation is 12. The second kappa shape index (κ2) is 31.7. The van der Waals surface area contributed by atoms with Crippen molar-refractivity contribution >= 4 is 0 Å². The summed E-state index contributed by atoms with van der Waals surface area (Å²) in [6, 6.07) is 66.2. The zero-order valence-corrected chi connectivity index (χ0v) is 80.3. The molecule has 0 aliphatic heterocycles. The van der Waals surface area contributed by atoms with Crippen molar-refractivity contribution in [1.29, 1.82) is 0 Å². The van der Waals surface area contributed by atoms with Crippen LogP contribution in [0.2, 0.25) is 0 Å². The molecular formula is C118H144N6+6. The van der Waals surface area contributed by atoms with Gasteiger partial charge in [-0.1, -0.05) is 206 Å². The Morgan fingerprint density at radius 1 is 0.290 bits per heavy atom. The lowest BCUT2D eigenvalue weighted by molar-refractivity contribution is -0.661. The van der Waals surface area contributed by atoms with Gasteiger partial charge in [0.15, 0.2) is 37.2 Å². The first kappa shape index (κ1) is 83.8. The second-order valence-electron chi connectivity index (χ2n) is 43.8. The highest BCUT2D eigenvalue weighted by molar-refractivity contribution is 5.71. The van der Waals surface area contributed by atoms with Crippen LogP contribution in [0, 0.1) is 52.4 Å². The molecule has 4 saturated carbocycles. The molecule has 6 heteroatoms. The fraction of sp³-hybridized carbons (Fsp3) is 0.441. The first-order valence-corrected chi connectivity index (χ1v) is 47.0. The standard InChI is InChI=1S/2C21H26N.2C20H26N.2C18H20N/c2*1-14-8-6-7-9-15(14)19-12-16-17-10-11-21(4,20(17,2)3)18(16)13-22(19)5;1-14-9-7-8-10-15(14)18-11-16-17(12-21(18)6)20(4,5)13-19(16,2)3;1-14-9-7-8-10-15(14)18-17-16(11-12-21(18)6)19(2,3)13-20(17,4)5;2*1-12-5-3-4-6-15(12)18-10-16-13-7-8-14(9-13)17(16)11-19(18)2/h2*6-9,12-13,17H,10-11H2,1-5H3;2*7-12H,13H2,1-6H3;2*3-6,10-11,13-14H,7-9H2,1-2H3/q6*+1/i17D;;;;13D;. The lowest BCUT2D eigenvalue weighted by Crippen LogP contribution is -2.36. The number of pyridine rings is 6. The molecule has 10 aliphatic carbocycles. The predicted molar refractivity (Wildman–Crippen MR) is 513 cm³/mol. The molecule has 0 amide bonds. The molecule has 12 aromatic rings. The van der Waals surface area contributed by atoms with E-state index in [9.17, 15) is 1.37 Å². The molecular weight excluding hydrogens is 1500 g/mol. The lowest BCUT2D eigenvalue weighted by Gasteiger charge is -2.34. The monoisotopic (exact) mass is 1650 g/mol. The number of nitrogens with zero attached hydrogens (tertiary/aromatic N) is 6. The number of hydrogen-bond donors (Lipinski definition) is 0. The van der Waals surface area contributed by atoms with E-state index in [-0.39, 0.29) is 38.4 Å². The molecule has 640 valence electrons. The van der Waals surface area contributed by atoms with E-state index in [1.54, 1.807) is 22.3 Å². The molecule has 4 fully saturated rings. The van der Waals surface area contributed by atoms with Gasteiger partial charge in [-0.05, 0) is 290 Å². The van der Waals surface area contributed by atoms with E-state index < -0.39 is 5.89 Å². The summed E-state index contributed by atoms with van der Waals surface area (Å²) in [5, 5.41) is 0. The van der Waals surface area contributed by atoms with Gasteiger partial charge in [-0.25, -0.2) is 27.4 Å². The van der Waals surface area contributed by atoms with E-state index in [4.69, 9.17) is 1.37 Å². The van der Waals surface area contributed by atoms with Crippen LogP contribution in [0.4, 0.5) is 0 Å². The van der Waals surface area contributed by atoms with Gasteiger partial charge < -0.3 is 0 Å². The third-order valence-corrected chi connectivity index (χ3v) is 33.5. The number of hydrogen-bond acceptors (Lipinski definition) is 0. The minimum Gasteiger partial charge on any atom is -0.201 e. The molecule has 10 aliphatic rings. The van der Waals surface area contributed by atoms with Crippen LogP contribution in [-0.2, 0) is 74.8 Å². The van der Waals surface area contributed by atoms with Crippen LogP contribution in [0.1, 0.15) is 312 Å². The number of fused-ring (bicyclic) bond motifs is 22. The smallest absolute Gasteiger partial charge is 0.201 e. The van der Waals surface area contributed by atoms with Gasteiger partial charge in [-0.2, -0.15) is 0 Å². The fourth-order valence-corrected chi connectivity index (χ4v) is 26.2. The molecule has 6 heterocycles. The zero-order chi connectivity index (χ0) is 90.0. The average molecular weight is 1650 g/mol. The van der Waals surface area contributed by atoms with E-state index >= 15 is 0 Å². The summed E-state index contributed by atoms with van der Waals surface area (Å²) < 4.78 is 31.7. The van der Waals surface area contributed by atoms with Crippen LogP contribution in [0.3, 0.4) is 0 Å². The maximum Gasteiger partial charge on any atom is 0.216 e. The van der Waals surface area contributed by atoms with Crippen LogP contribution >= 0.6 is 0 Å². The van der Waals surface area contributed by atoms with Crippen LogP contribution in [0.15, 0.2) is 219 Å². The average Bonchev–Trinajstić information content (AvgIpc) is 1.51. The molecule has 6 nitrogen and oxygen atoms in total. The van der Waals surface area contributed by atoms with Gasteiger partial charge in [-0.15, -0.1) is 0 Å². The summed E-state index contributed by atoms with van der Waals surface area (Å²) in [5.74, 6) is 2.26. The van der Waals surface area contributed by atoms with Crippen LogP contribution in [0.5, 0.6) is 0 Å². The van der Waals surface area contributed by atoms with Gasteiger partial charge in [0.2, 0.25) is 34.2 Å². The van der Waals surface area contributed by atoms with Gasteiger partial charge in [0.25, 0.3) is 0 Å². The minimum atomic E-state index is -0.456. The Labute approximate surface area is 748 Å². The number of benzene rings is 6. The van der Waals surface area contributed by atoms with Crippen molar-refractivity contribution in [2.45, 2.75) is 283 Å². The highest BCUT2D eigenvalue weighted by Gasteiger charge is 2.62. The molecule has 0 radical (unpaired) electrons. The summed E-state index contributed by atoms with van der Waals surface area (Å²) in [5.41, 5.74) is 43.6. The maximum atomic E-state index is 9.25. The van der Waals surface area contributed by atoms with Gasteiger partial charge in [0, 0.05) is 117 Å². The maximum absolute atomic E-state index is 9.25. The number of aromatic nitrogens is 6. The normalized spacial score (nSPS) is 24.9. The summed E-state index contributed by atoms with van der Waals surface area (Å²) >= 11 is 0. The highest BCUT2D eigenvalue weighted by atomic mass is 15.0.